The van der Waals surface area contributed by atoms with Crippen molar-refractivity contribution in [3.8, 4) is 0 Å². The van der Waals surface area contributed by atoms with Crippen LogP contribution < -0.4 is 0 Å². The highest BCUT2D eigenvalue weighted by Crippen LogP contribution is 2.37. The molecule has 1 heteroatoms. The van der Waals surface area contributed by atoms with E-state index in [1.807, 2.05) is 0 Å². The number of hydrogen-bond acceptors (Lipinski definition) is 0. The molecule has 0 nitrogen and oxygen atoms in total. The van der Waals surface area contributed by atoms with Crippen molar-refractivity contribution in [1.29, 1.82) is 0 Å². The third kappa shape index (κ3) is 4.02. The van der Waals surface area contributed by atoms with E-state index in [0.717, 1.165) is 5.92 Å². The predicted molar refractivity (Wildman–Crippen MR) is 80.4 cm³/mol. The lowest BCUT2D eigenvalue weighted by atomic mass is 9.86. The molecule has 100 valence electrons. The average Bonchev–Trinajstić information content (AvgIpc) is 3.12. The lowest BCUT2D eigenvalue weighted by molar-refractivity contribution is 0.589. The normalized spacial score (nSPS) is 17.8. The van der Waals surface area contributed by atoms with Crippen molar-refractivity contribution >= 4 is 11.6 Å². The standard InChI is InChI=1S/C17H25Cl/c1-17(2,3)15-11-7-13(8-12-15)5-4-6-16(18)14-9-10-14/h7-8,11-12,14,16H,4-6,9-10H2,1-3H3. The molecule has 0 spiro atoms. The largest absolute Gasteiger partial charge is 0.123 e. The fourth-order valence-corrected chi connectivity index (χ4v) is 2.77. The molecule has 1 aromatic rings. The van der Waals surface area contributed by atoms with Gasteiger partial charge >= 0.3 is 0 Å². The van der Waals surface area contributed by atoms with Crippen LogP contribution in [0.15, 0.2) is 24.3 Å². The Hall–Kier alpha value is -0.490. The second-order valence-corrected chi connectivity index (χ2v) is 7.25. The maximum Gasteiger partial charge on any atom is 0.0364 e. The highest BCUT2D eigenvalue weighted by Gasteiger charge is 2.28. The first-order valence-electron chi connectivity index (χ1n) is 7.20. The van der Waals surface area contributed by atoms with Gasteiger partial charge in [0.15, 0.2) is 0 Å². The molecule has 1 aliphatic carbocycles. The van der Waals surface area contributed by atoms with Gasteiger partial charge in [0.25, 0.3) is 0 Å². The zero-order valence-corrected chi connectivity index (χ0v) is 12.6. The first-order valence-corrected chi connectivity index (χ1v) is 7.64. The zero-order valence-electron chi connectivity index (χ0n) is 11.9. The maximum atomic E-state index is 6.33. The van der Waals surface area contributed by atoms with Gasteiger partial charge in [-0.2, -0.15) is 0 Å². The molecule has 0 saturated heterocycles. The lowest BCUT2D eigenvalue weighted by Gasteiger charge is -2.19. The van der Waals surface area contributed by atoms with Crippen molar-refractivity contribution in [2.45, 2.75) is 63.7 Å². The molecule has 1 unspecified atom stereocenters. The van der Waals surface area contributed by atoms with Gasteiger partial charge in [-0.3, -0.25) is 0 Å². The van der Waals surface area contributed by atoms with Crippen LogP contribution in [0, 0.1) is 5.92 Å². The molecule has 0 aromatic heterocycles. The number of halogens is 1. The van der Waals surface area contributed by atoms with Crippen molar-refractivity contribution < 1.29 is 0 Å². The summed E-state index contributed by atoms with van der Waals surface area (Å²) in [4.78, 5) is 0. The molecule has 0 radical (unpaired) electrons. The second kappa shape index (κ2) is 5.65. The summed E-state index contributed by atoms with van der Waals surface area (Å²) in [6, 6.07) is 9.10. The van der Waals surface area contributed by atoms with E-state index in [0.29, 0.717) is 5.38 Å². The number of benzene rings is 1. The molecule has 0 aliphatic heterocycles. The van der Waals surface area contributed by atoms with Crippen LogP contribution in [0.4, 0.5) is 0 Å². The summed E-state index contributed by atoms with van der Waals surface area (Å²) < 4.78 is 0. The molecule has 0 bridgehead atoms. The number of aryl methyl sites for hydroxylation is 1. The van der Waals surface area contributed by atoms with Crippen molar-refractivity contribution in [2.24, 2.45) is 5.92 Å². The fraction of sp³-hybridized carbons (Fsp3) is 0.647. The maximum absolute atomic E-state index is 6.33. The number of rotatable bonds is 5. The van der Waals surface area contributed by atoms with E-state index in [-0.39, 0.29) is 5.41 Å². The molecular formula is C17H25Cl. The summed E-state index contributed by atoms with van der Waals surface area (Å²) in [5.41, 5.74) is 3.12. The Morgan fingerprint density at radius 2 is 1.78 bits per heavy atom. The average molecular weight is 265 g/mol. The Morgan fingerprint density at radius 1 is 1.17 bits per heavy atom. The fourth-order valence-electron chi connectivity index (χ4n) is 2.37. The Morgan fingerprint density at radius 3 is 2.28 bits per heavy atom. The zero-order chi connectivity index (χ0) is 13.2. The van der Waals surface area contributed by atoms with Crippen molar-refractivity contribution in [3.63, 3.8) is 0 Å². The molecule has 2 rings (SSSR count). The first kappa shape index (κ1) is 13.9. The third-order valence-electron chi connectivity index (χ3n) is 3.90. The Bertz CT molecular complexity index is 368. The molecule has 1 fully saturated rings. The van der Waals surface area contributed by atoms with E-state index < -0.39 is 0 Å². The van der Waals surface area contributed by atoms with Crippen LogP contribution in [-0.4, -0.2) is 5.38 Å². The van der Waals surface area contributed by atoms with Crippen molar-refractivity contribution in [3.05, 3.63) is 35.4 Å². The molecule has 18 heavy (non-hydrogen) atoms. The van der Waals surface area contributed by atoms with Crippen molar-refractivity contribution in [1.82, 2.24) is 0 Å². The molecule has 1 saturated carbocycles. The summed E-state index contributed by atoms with van der Waals surface area (Å²) in [5.74, 6) is 0.829. The highest BCUT2D eigenvalue weighted by molar-refractivity contribution is 6.20. The van der Waals surface area contributed by atoms with Gasteiger partial charge in [-0.15, -0.1) is 11.6 Å². The molecule has 0 N–H and O–H groups in total. The van der Waals surface area contributed by atoms with Crippen LogP contribution in [-0.2, 0) is 11.8 Å². The summed E-state index contributed by atoms with van der Waals surface area (Å²) in [7, 11) is 0. The second-order valence-electron chi connectivity index (χ2n) is 6.69. The van der Waals surface area contributed by atoms with Crippen LogP contribution >= 0.6 is 11.6 Å². The molecule has 0 amide bonds. The predicted octanol–water partition coefficient (Wildman–Crippen LogP) is 5.32. The minimum Gasteiger partial charge on any atom is -0.123 e. The number of hydrogen-bond donors (Lipinski definition) is 0. The summed E-state index contributed by atoms with van der Waals surface area (Å²) in [5, 5.41) is 0.429. The van der Waals surface area contributed by atoms with Crippen LogP contribution in [0.25, 0.3) is 0 Å². The van der Waals surface area contributed by atoms with E-state index in [1.54, 1.807) is 0 Å². The SMILES string of the molecule is CC(C)(C)c1ccc(CCCC(Cl)C2CC2)cc1. The van der Waals surface area contributed by atoms with Crippen molar-refractivity contribution in [2.75, 3.05) is 0 Å². The van der Waals surface area contributed by atoms with Crippen LogP contribution in [0.3, 0.4) is 0 Å². The lowest BCUT2D eigenvalue weighted by Crippen LogP contribution is -2.10. The summed E-state index contributed by atoms with van der Waals surface area (Å²) >= 11 is 6.33. The quantitative estimate of drug-likeness (QED) is 0.631. The molecule has 1 aliphatic rings. The van der Waals surface area contributed by atoms with Gasteiger partial charge < -0.3 is 0 Å². The van der Waals surface area contributed by atoms with E-state index in [9.17, 15) is 0 Å². The minimum atomic E-state index is 0.256. The van der Waals surface area contributed by atoms with E-state index in [2.05, 4.69) is 45.0 Å². The highest BCUT2D eigenvalue weighted by atomic mass is 35.5. The van der Waals surface area contributed by atoms with Gasteiger partial charge in [-0.25, -0.2) is 0 Å². The number of alkyl halides is 1. The van der Waals surface area contributed by atoms with Gasteiger partial charge in [0, 0.05) is 5.38 Å². The Kier molecular flexibility index (Phi) is 4.37. The van der Waals surface area contributed by atoms with Crippen LogP contribution in [0.5, 0.6) is 0 Å². The Balaban J connectivity index is 1.79. The summed E-state index contributed by atoms with van der Waals surface area (Å²) in [6.45, 7) is 6.78. The van der Waals surface area contributed by atoms with Crippen LogP contribution in [0.2, 0.25) is 0 Å². The molecular weight excluding hydrogens is 240 g/mol. The first-order chi connectivity index (χ1) is 8.47. The monoisotopic (exact) mass is 264 g/mol. The Labute approximate surface area is 117 Å². The minimum absolute atomic E-state index is 0.256. The molecule has 1 atom stereocenters. The summed E-state index contributed by atoms with van der Waals surface area (Å²) in [6.07, 6.45) is 6.27. The molecule has 0 heterocycles. The van der Waals surface area contributed by atoms with E-state index in [1.165, 1.54) is 43.2 Å². The third-order valence-corrected chi connectivity index (χ3v) is 4.47. The molecule has 1 aromatic carbocycles. The van der Waals surface area contributed by atoms with Gasteiger partial charge in [-0.1, -0.05) is 45.0 Å². The van der Waals surface area contributed by atoms with Gasteiger partial charge in [0.1, 0.15) is 0 Å². The van der Waals surface area contributed by atoms with E-state index >= 15 is 0 Å². The smallest absolute Gasteiger partial charge is 0.0364 e. The van der Waals surface area contributed by atoms with Gasteiger partial charge in [-0.05, 0) is 54.6 Å². The van der Waals surface area contributed by atoms with Crippen LogP contribution in [0.1, 0.15) is 57.6 Å². The van der Waals surface area contributed by atoms with Gasteiger partial charge in [0.2, 0.25) is 0 Å². The van der Waals surface area contributed by atoms with E-state index in [4.69, 9.17) is 11.6 Å². The van der Waals surface area contributed by atoms with Gasteiger partial charge in [0.05, 0.1) is 0 Å². The topological polar surface area (TPSA) is 0 Å².